The smallest absolute Gasteiger partial charge is 0.238 e. The third-order valence-electron chi connectivity index (χ3n) is 2.30. The lowest BCUT2D eigenvalue weighted by Crippen LogP contribution is -2.41. The summed E-state index contributed by atoms with van der Waals surface area (Å²) in [4.78, 5) is 16.9. The molecule has 8 heteroatoms. The standard InChI is InChI=1S/C9H13N3OS2.2ClH/c1-6-8(15-5-11-6)2-10-9(13)7-3-14-4-12-7;;/h5,7,12H,2-4H2,1H3,(H,10,13);2*1H. The summed E-state index contributed by atoms with van der Waals surface area (Å²) in [5.74, 6) is 1.83. The highest BCUT2D eigenvalue weighted by atomic mass is 35.5. The maximum atomic E-state index is 11.6. The summed E-state index contributed by atoms with van der Waals surface area (Å²) in [5.41, 5.74) is 2.81. The van der Waals surface area contributed by atoms with Crippen molar-refractivity contribution in [3.05, 3.63) is 16.1 Å². The van der Waals surface area contributed by atoms with Crippen molar-refractivity contribution < 1.29 is 4.79 Å². The summed E-state index contributed by atoms with van der Waals surface area (Å²) in [5, 5.41) is 6.06. The van der Waals surface area contributed by atoms with E-state index in [9.17, 15) is 4.79 Å². The van der Waals surface area contributed by atoms with Gasteiger partial charge in [0.2, 0.25) is 5.91 Å². The molecule has 1 unspecified atom stereocenters. The van der Waals surface area contributed by atoms with Crippen LogP contribution in [0.2, 0.25) is 0 Å². The Balaban J connectivity index is 0.00000128. The molecule has 1 fully saturated rings. The topological polar surface area (TPSA) is 54.0 Å². The molecule has 1 aliphatic rings. The van der Waals surface area contributed by atoms with Crippen LogP contribution >= 0.6 is 47.9 Å². The molecule has 0 aromatic carbocycles. The van der Waals surface area contributed by atoms with Gasteiger partial charge in [-0.15, -0.1) is 47.9 Å². The van der Waals surface area contributed by atoms with Crippen LogP contribution in [-0.4, -0.2) is 28.6 Å². The first-order chi connectivity index (χ1) is 7.27. The Hall–Kier alpha value is -0.0100. The summed E-state index contributed by atoms with van der Waals surface area (Å²) in [7, 11) is 0. The normalized spacial score (nSPS) is 18.1. The van der Waals surface area contributed by atoms with Crippen molar-refractivity contribution in [3.63, 3.8) is 0 Å². The van der Waals surface area contributed by atoms with Crippen LogP contribution in [0.15, 0.2) is 5.51 Å². The van der Waals surface area contributed by atoms with E-state index in [1.165, 1.54) is 0 Å². The van der Waals surface area contributed by atoms with Crippen LogP contribution in [0.4, 0.5) is 0 Å². The lowest BCUT2D eigenvalue weighted by molar-refractivity contribution is -0.122. The maximum Gasteiger partial charge on any atom is 0.238 e. The first-order valence-corrected chi connectivity index (χ1v) is 6.78. The van der Waals surface area contributed by atoms with E-state index >= 15 is 0 Å². The number of hydrogen-bond donors (Lipinski definition) is 2. The molecule has 4 nitrogen and oxygen atoms in total. The molecule has 0 bridgehead atoms. The highest BCUT2D eigenvalue weighted by Gasteiger charge is 2.22. The number of carbonyl (C=O) groups is 1. The summed E-state index contributed by atoms with van der Waals surface area (Å²) >= 11 is 3.34. The number of rotatable bonds is 3. The number of carbonyl (C=O) groups excluding carboxylic acids is 1. The van der Waals surface area contributed by atoms with Crippen LogP contribution in [-0.2, 0) is 11.3 Å². The van der Waals surface area contributed by atoms with Gasteiger partial charge in [0.25, 0.3) is 0 Å². The van der Waals surface area contributed by atoms with Gasteiger partial charge >= 0.3 is 0 Å². The largest absolute Gasteiger partial charge is 0.350 e. The Morgan fingerprint density at radius 1 is 1.65 bits per heavy atom. The fourth-order valence-corrected chi connectivity index (χ4v) is 3.01. The van der Waals surface area contributed by atoms with Gasteiger partial charge in [-0.2, -0.15) is 0 Å². The van der Waals surface area contributed by atoms with Crippen molar-refractivity contribution in [1.29, 1.82) is 0 Å². The molecule has 2 rings (SSSR count). The fraction of sp³-hybridized carbons (Fsp3) is 0.556. The zero-order valence-corrected chi connectivity index (χ0v) is 12.5. The summed E-state index contributed by atoms with van der Waals surface area (Å²) in [6, 6.07) is -0.0248. The van der Waals surface area contributed by atoms with Gasteiger partial charge in [0.15, 0.2) is 0 Å². The second-order valence-electron chi connectivity index (χ2n) is 3.35. The minimum absolute atomic E-state index is 0. The summed E-state index contributed by atoms with van der Waals surface area (Å²) in [6.07, 6.45) is 0. The SMILES string of the molecule is Cc1ncsc1CNC(=O)C1CSCN1.Cl.Cl. The van der Waals surface area contributed by atoms with Crippen LogP contribution in [0.3, 0.4) is 0 Å². The van der Waals surface area contributed by atoms with E-state index in [0.29, 0.717) is 6.54 Å². The molecule has 1 aromatic heterocycles. The number of thiazole rings is 1. The molecule has 1 amide bonds. The molecule has 2 N–H and O–H groups in total. The Morgan fingerprint density at radius 3 is 2.94 bits per heavy atom. The number of thioether (sulfide) groups is 1. The van der Waals surface area contributed by atoms with Gasteiger partial charge < -0.3 is 5.32 Å². The van der Waals surface area contributed by atoms with Crippen molar-refractivity contribution in [2.45, 2.75) is 19.5 Å². The Kier molecular flexibility index (Phi) is 8.15. The number of aryl methyl sites for hydroxylation is 1. The number of nitrogens with one attached hydrogen (secondary N) is 2. The quantitative estimate of drug-likeness (QED) is 0.889. The molecule has 0 aliphatic carbocycles. The number of amides is 1. The summed E-state index contributed by atoms with van der Waals surface area (Å²) in [6.45, 7) is 2.56. The molecular formula is C9H15Cl2N3OS2. The number of nitrogens with zero attached hydrogens (tertiary/aromatic N) is 1. The zero-order chi connectivity index (χ0) is 10.7. The lowest BCUT2D eigenvalue weighted by atomic mass is 10.3. The molecule has 17 heavy (non-hydrogen) atoms. The predicted molar refractivity (Wildman–Crippen MR) is 77.4 cm³/mol. The first-order valence-electron chi connectivity index (χ1n) is 4.75. The second-order valence-corrected chi connectivity index (χ2v) is 5.32. The highest BCUT2D eigenvalue weighted by molar-refractivity contribution is 7.99. The van der Waals surface area contributed by atoms with E-state index in [0.717, 1.165) is 22.2 Å². The molecule has 0 spiro atoms. The minimum atomic E-state index is -0.0248. The van der Waals surface area contributed by atoms with Crippen molar-refractivity contribution in [1.82, 2.24) is 15.6 Å². The molecule has 2 heterocycles. The van der Waals surface area contributed by atoms with E-state index in [4.69, 9.17) is 0 Å². The van der Waals surface area contributed by atoms with Crippen molar-refractivity contribution in [2.75, 3.05) is 11.6 Å². The van der Waals surface area contributed by atoms with Crippen molar-refractivity contribution in [3.8, 4) is 0 Å². The van der Waals surface area contributed by atoms with Crippen LogP contribution < -0.4 is 10.6 Å². The Bertz CT molecular complexity index is 356. The minimum Gasteiger partial charge on any atom is -0.350 e. The molecular weight excluding hydrogens is 301 g/mol. The van der Waals surface area contributed by atoms with Crippen molar-refractivity contribution in [2.24, 2.45) is 0 Å². The van der Waals surface area contributed by atoms with E-state index in [1.54, 1.807) is 28.6 Å². The Morgan fingerprint density at radius 2 is 2.41 bits per heavy atom. The third kappa shape index (κ3) is 4.63. The van der Waals surface area contributed by atoms with Crippen LogP contribution in [0.5, 0.6) is 0 Å². The predicted octanol–water partition coefficient (Wildman–Crippen LogP) is 1.57. The van der Waals surface area contributed by atoms with E-state index in [1.807, 2.05) is 6.92 Å². The molecule has 0 radical (unpaired) electrons. The van der Waals surface area contributed by atoms with Gasteiger partial charge in [-0.1, -0.05) is 0 Å². The zero-order valence-electron chi connectivity index (χ0n) is 9.26. The molecule has 98 valence electrons. The molecule has 1 saturated heterocycles. The number of aromatic nitrogens is 1. The second kappa shape index (κ2) is 8.16. The average Bonchev–Trinajstić information content (AvgIpc) is 2.85. The molecule has 1 aromatic rings. The monoisotopic (exact) mass is 315 g/mol. The van der Waals surface area contributed by atoms with Crippen LogP contribution in [0.1, 0.15) is 10.6 Å². The van der Waals surface area contributed by atoms with Crippen LogP contribution in [0.25, 0.3) is 0 Å². The lowest BCUT2D eigenvalue weighted by Gasteiger charge is -2.09. The fourth-order valence-electron chi connectivity index (χ4n) is 1.35. The molecule has 1 aliphatic heterocycles. The maximum absolute atomic E-state index is 11.6. The third-order valence-corrected chi connectivity index (χ3v) is 4.18. The molecule has 1 atom stereocenters. The van der Waals surface area contributed by atoms with Gasteiger partial charge in [-0.3, -0.25) is 10.1 Å². The Labute approximate surface area is 121 Å². The average molecular weight is 316 g/mol. The molecule has 0 saturated carbocycles. The van der Waals surface area contributed by atoms with Gasteiger partial charge in [-0.05, 0) is 6.92 Å². The van der Waals surface area contributed by atoms with Crippen molar-refractivity contribution >= 4 is 53.8 Å². The summed E-state index contributed by atoms with van der Waals surface area (Å²) < 4.78 is 0. The van der Waals surface area contributed by atoms with E-state index in [2.05, 4.69) is 15.6 Å². The highest BCUT2D eigenvalue weighted by Crippen LogP contribution is 2.12. The number of halogens is 2. The van der Waals surface area contributed by atoms with Crippen LogP contribution in [0, 0.1) is 6.92 Å². The van der Waals surface area contributed by atoms with Gasteiger partial charge in [0.1, 0.15) is 0 Å². The first kappa shape index (κ1) is 17.0. The van der Waals surface area contributed by atoms with E-state index < -0.39 is 0 Å². The van der Waals surface area contributed by atoms with Gasteiger partial charge in [0, 0.05) is 16.5 Å². The van der Waals surface area contributed by atoms with Gasteiger partial charge in [-0.25, -0.2) is 4.98 Å². The van der Waals surface area contributed by atoms with E-state index in [-0.39, 0.29) is 36.8 Å². The number of hydrogen-bond acceptors (Lipinski definition) is 5. The van der Waals surface area contributed by atoms with Gasteiger partial charge in [0.05, 0.1) is 23.8 Å².